The molecule has 5 nitrogen and oxygen atoms in total. The average molecular weight is 279 g/mol. The summed E-state index contributed by atoms with van der Waals surface area (Å²) in [7, 11) is 0. The Kier molecular flexibility index (Phi) is 2.76. The minimum Gasteiger partial charge on any atom is -0.398 e. The number of fused-ring (bicyclic) bond motifs is 2. The van der Waals surface area contributed by atoms with Gasteiger partial charge in [-0.05, 0) is 6.07 Å². The molecule has 1 aliphatic carbocycles. The van der Waals surface area contributed by atoms with Gasteiger partial charge in [-0.1, -0.05) is 24.3 Å². The number of aldehydes is 2. The largest absolute Gasteiger partial charge is 0.398 e. The fraction of sp³-hybridized carbons (Fsp3) is 0. The number of anilines is 1. The molecule has 21 heavy (non-hydrogen) atoms. The Morgan fingerprint density at radius 2 is 1.43 bits per heavy atom. The molecule has 0 heterocycles. The Hall–Kier alpha value is -3.08. The van der Waals surface area contributed by atoms with Gasteiger partial charge in [0.1, 0.15) is 0 Å². The zero-order valence-corrected chi connectivity index (χ0v) is 10.8. The lowest BCUT2D eigenvalue weighted by Gasteiger charge is -2.20. The van der Waals surface area contributed by atoms with Gasteiger partial charge in [0, 0.05) is 39.1 Å². The summed E-state index contributed by atoms with van der Waals surface area (Å²) in [6.07, 6.45) is 0.894. The highest BCUT2D eigenvalue weighted by atomic mass is 16.1. The van der Waals surface area contributed by atoms with Gasteiger partial charge < -0.3 is 5.73 Å². The van der Waals surface area contributed by atoms with Crippen LogP contribution in [0.25, 0.3) is 0 Å². The summed E-state index contributed by atoms with van der Waals surface area (Å²) in [6.45, 7) is 0. The van der Waals surface area contributed by atoms with E-state index in [0.717, 1.165) is 0 Å². The van der Waals surface area contributed by atoms with Crippen molar-refractivity contribution in [2.45, 2.75) is 0 Å². The normalized spacial score (nSPS) is 12.6. The van der Waals surface area contributed by atoms with Gasteiger partial charge in [0.2, 0.25) is 0 Å². The Morgan fingerprint density at radius 3 is 1.95 bits per heavy atom. The van der Waals surface area contributed by atoms with Crippen LogP contribution >= 0.6 is 0 Å². The molecule has 0 saturated heterocycles. The molecule has 2 aromatic carbocycles. The maximum absolute atomic E-state index is 12.6. The Labute approximate surface area is 119 Å². The molecule has 1 aliphatic rings. The first-order valence-corrected chi connectivity index (χ1v) is 6.15. The average Bonchev–Trinajstić information content (AvgIpc) is 2.51. The molecule has 3 rings (SSSR count). The molecule has 0 atom stereocenters. The van der Waals surface area contributed by atoms with Crippen molar-refractivity contribution in [3.63, 3.8) is 0 Å². The van der Waals surface area contributed by atoms with E-state index in [4.69, 9.17) is 5.73 Å². The van der Waals surface area contributed by atoms with Gasteiger partial charge in [-0.3, -0.25) is 19.2 Å². The maximum atomic E-state index is 12.6. The quantitative estimate of drug-likeness (QED) is 0.568. The van der Waals surface area contributed by atoms with Gasteiger partial charge in [-0.15, -0.1) is 0 Å². The van der Waals surface area contributed by atoms with Crippen LogP contribution in [0.4, 0.5) is 5.69 Å². The summed E-state index contributed by atoms with van der Waals surface area (Å²) < 4.78 is 0. The third kappa shape index (κ3) is 1.64. The fourth-order valence-electron chi connectivity index (χ4n) is 2.59. The van der Waals surface area contributed by atoms with Crippen LogP contribution in [0.15, 0.2) is 30.3 Å². The second kappa shape index (κ2) is 4.49. The molecule has 0 aliphatic heterocycles. The van der Waals surface area contributed by atoms with Crippen LogP contribution in [0.2, 0.25) is 0 Å². The summed E-state index contributed by atoms with van der Waals surface area (Å²) in [5.74, 6) is -0.928. The van der Waals surface area contributed by atoms with E-state index in [1.54, 1.807) is 12.1 Å². The third-order valence-corrected chi connectivity index (χ3v) is 3.55. The van der Waals surface area contributed by atoms with Gasteiger partial charge in [0.15, 0.2) is 24.1 Å². The molecule has 0 aromatic heterocycles. The molecule has 0 bridgehead atoms. The molecular weight excluding hydrogens is 270 g/mol. The molecule has 0 radical (unpaired) electrons. The lowest BCUT2D eigenvalue weighted by atomic mass is 9.79. The van der Waals surface area contributed by atoms with Crippen LogP contribution in [0.3, 0.4) is 0 Å². The first-order valence-electron chi connectivity index (χ1n) is 6.15. The van der Waals surface area contributed by atoms with Gasteiger partial charge in [0.05, 0.1) is 0 Å². The van der Waals surface area contributed by atoms with E-state index in [0.29, 0.717) is 12.6 Å². The third-order valence-electron chi connectivity index (χ3n) is 3.55. The zero-order chi connectivity index (χ0) is 15.1. The minimum atomic E-state index is -0.474. The number of carbonyl (C=O) groups is 4. The van der Waals surface area contributed by atoms with Crippen LogP contribution in [-0.4, -0.2) is 24.1 Å². The molecule has 0 amide bonds. The summed E-state index contributed by atoms with van der Waals surface area (Å²) in [6, 6.07) is 7.53. The predicted molar refractivity (Wildman–Crippen MR) is 74.9 cm³/mol. The number of ketones is 2. The highest BCUT2D eigenvalue weighted by Gasteiger charge is 2.34. The molecule has 2 aromatic rings. The molecule has 102 valence electrons. The van der Waals surface area contributed by atoms with E-state index in [2.05, 4.69) is 0 Å². The van der Waals surface area contributed by atoms with E-state index in [9.17, 15) is 19.2 Å². The number of hydrogen-bond acceptors (Lipinski definition) is 5. The van der Waals surface area contributed by atoms with Crippen molar-refractivity contribution in [2.75, 3.05) is 5.73 Å². The van der Waals surface area contributed by atoms with E-state index >= 15 is 0 Å². The van der Waals surface area contributed by atoms with Crippen LogP contribution in [0, 0.1) is 0 Å². The van der Waals surface area contributed by atoms with Crippen molar-refractivity contribution < 1.29 is 19.2 Å². The molecule has 0 fully saturated rings. The van der Waals surface area contributed by atoms with Crippen molar-refractivity contribution in [3.05, 3.63) is 63.7 Å². The van der Waals surface area contributed by atoms with Crippen molar-refractivity contribution in [3.8, 4) is 0 Å². The molecule has 2 N–H and O–H groups in total. The standard InChI is InChI=1S/C16H9NO4/c17-12-5-8(6-18)13-14(11(12)7-19)16(21)10-4-2-1-3-9(10)15(13)20/h1-7H,17H2. The number of carbonyl (C=O) groups excluding carboxylic acids is 4. The van der Waals surface area contributed by atoms with Crippen LogP contribution < -0.4 is 5.73 Å². The van der Waals surface area contributed by atoms with Crippen molar-refractivity contribution in [1.82, 2.24) is 0 Å². The lowest BCUT2D eigenvalue weighted by Crippen LogP contribution is -2.25. The monoisotopic (exact) mass is 279 g/mol. The fourth-order valence-corrected chi connectivity index (χ4v) is 2.59. The molecule has 0 unspecified atom stereocenters. The number of hydrogen-bond donors (Lipinski definition) is 1. The Balaban J connectivity index is 2.47. The van der Waals surface area contributed by atoms with E-state index in [1.165, 1.54) is 18.2 Å². The smallest absolute Gasteiger partial charge is 0.195 e. The van der Waals surface area contributed by atoms with E-state index in [-0.39, 0.29) is 39.1 Å². The van der Waals surface area contributed by atoms with Crippen LogP contribution in [0.5, 0.6) is 0 Å². The van der Waals surface area contributed by atoms with Crippen molar-refractivity contribution in [2.24, 2.45) is 0 Å². The van der Waals surface area contributed by atoms with Gasteiger partial charge >= 0.3 is 0 Å². The highest BCUT2D eigenvalue weighted by molar-refractivity contribution is 6.32. The van der Waals surface area contributed by atoms with E-state index < -0.39 is 11.6 Å². The topological polar surface area (TPSA) is 94.3 Å². The maximum Gasteiger partial charge on any atom is 0.195 e. The van der Waals surface area contributed by atoms with Crippen LogP contribution in [-0.2, 0) is 0 Å². The number of nitrogen functional groups attached to an aromatic ring is 1. The SMILES string of the molecule is Nc1cc(C=O)c2c(c1C=O)C(=O)c1ccccc1C2=O. The molecule has 0 spiro atoms. The summed E-state index contributed by atoms with van der Waals surface area (Å²) in [5.41, 5.74) is 5.97. The summed E-state index contributed by atoms with van der Waals surface area (Å²) >= 11 is 0. The van der Waals surface area contributed by atoms with Gasteiger partial charge in [-0.2, -0.15) is 0 Å². The first kappa shape index (κ1) is 12.9. The summed E-state index contributed by atoms with van der Waals surface area (Å²) in [5, 5.41) is 0. The highest BCUT2D eigenvalue weighted by Crippen LogP contribution is 2.33. The van der Waals surface area contributed by atoms with E-state index in [1.807, 2.05) is 0 Å². The molecular formula is C16H9NO4. The van der Waals surface area contributed by atoms with Gasteiger partial charge in [-0.25, -0.2) is 0 Å². The number of rotatable bonds is 2. The minimum absolute atomic E-state index is 0.00591. The first-order chi connectivity index (χ1) is 10.1. The Morgan fingerprint density at radius 1 is 0.857 bits per heavy atom. The Bertz CT molecular complexity index is 836. The zero-order valence-electron chi connectivity index (χ0n) is 10.8. The van der Waals surface area contributed by atoms with Crippen molar-refractivity contribution in [1.29, 1.82) is 0 Å². The molecule has 5 heteroatoms. The predicted octanol–water partition coefficient (Wildman–Crippen LogP) is 1.67. The lowest BCUT2D eigenvalue weighted by molar-refractivity contribution is 0.0973. The number of benzene rings is 2. The van der Waals surface area contributed by atoms with Gasteiger partial charge in [0.25, 0.3) is 0 Å². The summed E-state index contributed by atoms with van der Waals surface area (Å²) in [4.78, 5) is 47.5. The second-order valence-corrected chi connectivity index (χ2v) is 4.66. The van der Waals surface area contributed by atoms with Crippen molar-refractivity contribution >= 4 is 29.8 Å². The second-order valence-electron chi connectivity index (χ2n) is 4.66. The molecule has 0 saturated carbocycles. The van der Waals surface area contributed by atoms with Crippen LogP contribution in [0.1, 0.15) is 52.6 Å². The number of nitrogens with two attached hydrogens (primary N) is 1.